The van der Waals surface area contributed by atoms with Gasteiger partial charge in [0.1, 0.15) is 6.04 Å². The van der Waals surface area contributed by atoms with E-state index in [2.05, 4.69) is 10.2 Å². The molecule has 8 heteroatoms. The Hall–Kier alpha value is -1.22. The summed E-state index contributed by atoms with van der Waals surface area (Å²) in [5.41, 5.74) is 0. The summed E-state index contributed by atoms with van der Waals surface area (Å²) < 4.78 is 0. The molecule has 0 aliphatic rings. The normalized spacial score (nSPS) is 14.3. The van der Waals surface area contributed by atoms with Crippen LogP contribution in [0.3, 0.4) is 0 Å². The Labute approximate surface area is 105 Å². The maximum absolute atomic E-state index is 11.5. The smallest absolute Gasteiger partial charge is 0.326 e. The molecule has 8 nitrogen and oxygen atoms in total. The number of carboxylic acid groups (broad SMARTS) is 1. The van der Waals surface area contributed by atoms with E-state index in [1.54, 1.807) is 6.92 Å². The van der Waals surface area contributed by atoms with Gasteiger partial charge in [0, 0.05) is 6.42 Å². The lowest BCUT2D eigenvalue weighted by Gasteiger charge is -2.20. The van der Waals surface area contributed by atoms with Crippen LogP contribution in [0.25, 0.3) is 0 Å². The molecule has 0 aromatic carbocycles. The summed E-state index contributed by atoms with van der Waals surface area (Å²) in [5, 5.41) is 27.4. The predicted molar refractivity (Wildman–Crippen MR) is 59.6 cm³/mol. The summed E-state index contributed by atoms with van der Waals surface area (Å²) in [4.78, 5) is 26.7. The van der Waals surface area contributed by atoms with Crippen LogP contribution in [0.2, 0.25) is 0 Å². The Kier molecular flexibility index (Phi) is 8.21. The van der Waals surface area contributed by atoms with Crippen molar-refractivity contribution in [1.29, 1.82) is 0 Å². The van der Waals surface area contributed by atoms with Crippen LogP contribution in [0.15, 0.2) is 0 Å². The van der Waals surface area contributed by atoms with E-state index in [0.29, 0.717) is 6.42 Å². The lowest BCUT2D eigenvalue weighted by atomic mass is 9.99. The first-order valence-electron chi connectivity index (χ1n) is 5.71. The highest BCUT2D eigenvalue weighted by molar-refractivity contribution is 5.83. The van der Waals surface area contributed by atoms with E-state index in [1.165, 1.54) is 0 Å². The van der Waals surface area contributed by atoms with Crippen LogP contribution in [-0.4, -0.2) is 45.4 Å². The van der Waals surface area contributed by atoms with E-state index in [4.69, 9.17) is 15.5 Å². The zero-order valence-corrected chi connectivity index (χ0v) is 10.5. The minimum Gasteiger partial charge on any atom is -0.480 e. The van der Waals surface area contributed by atoms with Gasteiger partial charge in [-0.1, -0.05) is 20.3 Å². The average molecular weight is 264 g/mol. The average Bonchev–Trinajstić information content (AvgIpc) is 2.30. The molecule has 0 aromatic rings. The van der Waals surface area contributed by atoms with Gasteiger partial charge in [-0.05, 0) is 12.3 Å². The molecule has 0 saturated heterocycles. The maximum atomic E-state index is 11.5. The Morgan fingerprint density at radius 2 is 2.00 bits per heavy atom. The molecule has 0 aromatic heterocycles. The van der Waals surface area contributed by atoms with Gasteiger partial charge in [-0.15, -0.1) is 0 Å². The van der Waals surface area contributed by atoms with Crippen molar-refractivity contribution in [3.63, 3.8) is 0 Å². The topological polar surface area (TPSA) is 119 Å². The summed E-state index contributed by atoms with van der Waals surface area (Å²) in [5.74, 6) is -1.63. The van der Waals surface area contributed by atoms with Crippen LogP contribution in [0.5, 0.6) is 0 Å². The molecule has 4 N–H and O–H groups in total. The van der Waals surface area contributed by atoms with Gasteiger partial charge in [-0.2, -0.15) is 0 Å². The van der Waals surface area contributed by atoms with Crippen molar-refractivity contribution in [3.8, 4) is 0 Å². The predicted octanol–water partition coefficient (Wildman–Crippen LogP) is 0.394. The number of nitrogens with zero attached hydrogens (tertiary/aromatic N) is 1. The number of carbonyl (C=O) groups excluding carboxylic acids is 1. The molecule has 2 atom stereocenters. The first-order chi connectivity index (χ1) is 8.38. The van der Waals surface area contributed by atoms with Gasteiger partial charge in [0.25, 0.3) is 0 Å². The van der Waals surface area contributed by atoms with E-state index in [9.17, 15) is 9.59 Å². The maximum Gasteiger partial charge on any atom is 0.326 e. The van der Waals surface area contributed by atoms with E-state index in [-0.39, 0.29) is 25.4 Å². The number of carboxylic acids is 1. The molecule has 0 fully saturated rings. The van der Waals surface area contributed by atoms with E-state index < -0.39 is 23.3 Å². The van der Waals surface area contributed by atoms with E-state index >= 15 is 0 Å². The molecule has 0 radical (unpaired) electrons. The number of hydrogen-bond acceptors (Lipinski definition) is 6. The van der Waals surface area contributed by atoms with Crippen LogP contribution in [-0.2, 0) is 14.4 Å². The van der Waals surface area contributed by atoms with Crippen molar-refractivity contribution in [2.75, 3.05) is 6.61 Å². The summed E-state index contributed by atoms with van der Waals surface area (Å²) in [6.07, 6.45) is 0.939. The van der Waals surface area contributed by atoms with Crippen molar-refractivity contribution in [1.82, 2.24) is 10.7 Å². The fraction of sp³-hybridized carbons (Fsp3) is 0.800. The van der Waals surface area contributed by atoms with E-state index in [0.717, 1.165) is 0 Å². The third-order valence-corrected chi connectivity index (χ3v) is 2.55. The van der Waals surface area contributed by atoms with Crippen molar-refractivity contribution in [3.05, 3.63) is 0 Å². The number of aliphatic carboxylic acids is 1. The molecule has 0 bridgehead atoms. The van der Waals surface area contributed by atoms with Crippen molar-refractivity contribution >= 4 is 11.9 Å². The van der Waals surface area contributed by atoms with Crippen molar-refractivity contribution in [2.24, 2.45) is 5.92 Å². The highest BCUT2D eigenvalue weighted by atomic mass is 17.1. The van der Waals surface area contributed by atoms with Crippen LogP contribution in [0, 0.1) is 5.92 Å². The van der Waals surface area contributed by atoms with Crippen molar-refractivity contribution < 1.29 is 29.9 Å². The quantitative estimate of drug-likeness (QED) is 0.351. The first-order valence-corrected chi connectivity index (χ1v) is 5.71. The van der Waals surface area contributed by atoms with Gasteiger partial charge in [-0.25, -0.2) is 4.79 Å². The number of nitrogens with one attached hydrogen (secondary N) is 1. The molecular formula is C10H20N2O6. The monoisotopic (exact) mass is 264 g/mol. The standard InChI is InChI=1S/C10H20N2O6/c1-3-7(2)9(10(14)15)11-8(13)5-4-6-18-12(16)17/h7,9,16-17H,3-6H2,1-2H3,(H,11,13)(H,14,15). The van der Waals surface area contributed by atoms with Gasteiger partial charge in [0.15, 0.2) is 0 Å². The molecule has 0 aliphatic carbocycles. The molecule has 0 saturated carbocycles. The Morgan fingerprint density at radius 1 is 1.39 bits per heavy atom. The third-order valence-electron chi connectivity index (χ3n) is 2.55. The number of hydrogen-bond donors (Lipinski definition) is 4. The molecule has 2 unspecified atom stereocenters. The SMILES string of the molecule is CCC(C)C(NC(=O)CCCON(O)O)C(=O)O. The third kappa shape index (κ3) is 7.17. The summed E-state index contributed by atoms with van der Waals surface area (Å²) >= 11 is 0. The lowest BCUT2D eigenvalue weighted by Crippen LogP contribution is -2.45. The van der Waals surface area contributed by atoms with Gasteiger partial charge in [0.05, 0.1) is 12.0 Å². The summed E-state index contributed by atoms with van der Waals surface area (Å²) in [7, 11) is 0. The number of carbonyl (C=O) groups is 2. The van der Waals surface area contributed by atoms with Crippen LogP contribution >= 0.6 is 0 Å². The molecule has 0 spiro atoms. The number of rotatable bonds is 9. The second kappa shape index (κ2) is 8.81. The van der Waals surface area contributed by atoms with E-state index in [1.807, 2.05) is 6.92 Å². The van der Waals surface area contributed by atoms with Gasteiger partial charge in [-0.3, -0.25) is 20.0 Å². The Morgan fingerprint density at radius 3 is 2.44 bits per heavy atom. The largest absolute Gasteiger partial charge is 0.480 e. The highest BCUT2D eigenvalue weighted by Crippen LogP contribution is 2.08. The number of amides is 1. The fourth-order valence-electron chi connectivity index (χ4n) is 1.31. The molecule has 0 heterocycles. The van der Waals surface area contributed by atoms with Crippen LogP contribution in [0.1, 0.15) is 33.1 Å². The van der Waals surface area contributed by atoms with Gasteiger partial charge >= 0.3 is 5.97 Å². The molecule has 0 aliphatic heterocycles. The molecule has 1 amide bonds. The summed E-state index contributed by atoms with van der Waals surface area (Å²) in [6, 6.07) is -0.907. The zero-order chi connectivity index (χ0) is 14.1. The lowest BCUT2D eigenvalue weighted by molar-refractivity contribution is -0.492. The van der Waals surface area contributed by atoms with Crippen LogP contribution < -0.4 is 5.32 Å². The minimum absolute atomic E-state index is 0.0497. The summed E-state index contributed by atoms with van der Waals surface area (Å²) in [6.45, 7) is 3.54. The fourth-order valence-corrected chi connectivity index (χ4v) is 1.31. The second-order valence-electron chi connectivity index (χ2n) is 3.96. The highest BCUT2D eigenvalue weighted by Gasteiger charge is 2.24. The Balaban J connectivity index is 4.00. The molecular weight excluding hydrogens is 244 g/mol. The molecule has 18 heavy (non-hydrogen) atoms. The van der Waals surface area contributed by atoms with Crippen LogP contribution in [0.4, 0.5) is 0 Å². The second-order valence-corrected chi connectivity index (χ2v) is 3.96. The first kappa shape index (κ1) is 16.8. The molecule has 106 valence electrons. The molecule has 0 rings (SSSR count). The van der Waals surface area contributed by atoms with Crippen molar-refractivity contribution in [2.45, 2.75) is 39.2 Å². The van der Waals surface area contributed by atoms with Gasteiger partial charge in [0.2, 0.25) is 5.91 Å². The zero-order valence-electron chi connectivity index (χ0n) is 10.5. The minimum atomic E-state index is -1.06. The Bertz CT molecular complexity index is 271. The van der Waals surface area contributed by atoms with Gasteiger partial charge < -0.3 is 10.4 Å².